The van der Waals surface area contributed by atoms with Crippen molar-refractivity contribution in [2.75, 3.05) is 39.8 Å². The SMILES string of the molecule is CCOC(=O)C1CCCN(C(=NC)NCCC(=O)N2CCc3sccc3C2)C1. The number of esters is 1. The molecule has 7 nitrogen and oxygen atoms in total. The maximum Gasteiger partial charge on any atom is 0.310 e. The minimum absolute atomic E-state index is 0.109. The molecule has 0 aromatic carbocycles. The van der Waals surface area contributed by atoms with Gasteiger partial charge in [0.15, 0.2) is 5.96 Å². The second-order valence-electron chi connectivity index (χ2n) is 7.20. The van der Waals surface area contributed by atoms with E-state index in [1.54, 1.807) is 18.4 Å². The van der Waals surface area contributed by atoms with Crippen LogP contribution in [0.3, 0.4) is 0 Å². The lowest BCUT2D eigenvalue weighted by atomic mass is 9.98. The summed E-state index contributed by atoms with van der Waals surface area (Å²) in [5.74, 6) is 0.682. The number of thiophene rings is 1. The van der Waals surface area contributed by atoms with Crippen molar-refractivity contribution in [1.29, 1.82) is 0 Å². The monoisotopic (exact) mass is 406 g/mol. The molecule has 3 rings (SSSR count). The van der Waals surface area contributed by atoms with Crippen molar-refractivity contribution >= 4 is 29.2 Å². The lowest BCUT2D eigenvalue weighted by Crippen LogP contribution is -2.49. The molecule has 1 unspecified atom stereocenters. The van der Waals surface area contributed by atoms with Gasteiger partial charge in [0.2, 0.25) is 5.91 Å². The van der Waals surface area contributed by atoms with Gasteiger partial charge in [0, 0.05) is 51.1 Å². The second kappa shape index (κ2) is 9.91. The summed E-state index contributed by atoms with van der Waals surface area (Å²) in [4.78, 5) is 34.4. The Morgan fingerprint density at radius 3 is 3.00 bits per heavy atom. The van der Waals surface area contributed by atoms with E-state index in [0.717, 1.165) is 44.9 Å². The Kier molecular flexibility index (Phi) is 7.30. The zero-order valence-corrected chi connectivity index (χ0v) is 17.6. The van der Waals surface area contributed by atoms with Crippen LogP contribution < -0.4 is 5.32 Å². The molecule has 3 heterocycles. The highest BCUT2D eigenvalue weighted by Gasteiger charge is 2.28. The third kappa shape index (κ3) is 5.04. The van der Waals surface area contributed by atoms with E-state index < -0.39 is 0 Å². The fraction of sp³-hybridized carbons (Fsp3) is 0.650. The summed E-state index contributed by atoms with van der Waals surface area (Å²) >= 11 is 1.78. The van der Waals surface area contributed by atoms with Crippen LogP contribution in [0.15, 0.2) is 16.4 Å². The minimum Gasteiger partial charge on any atom is -0.466 e. The zero-order chi connectivity index (χ0) is 19.9. The molecule has 0 radical (unpaired) electrons. The lowest BCUT2D eigenvalue weighted by Gasteiger charge is -2.34. The van der Waals surface area contributed by atoms with E-state index in [9.17, 15) is 9.59 Å². The van der Waals surface area contributed by atoms with Crippen LogP contribution in [0.2, 0.25) is 0 Å². The van der Waals surface area contributed by atoms with E-state index in [0.29, 0.717) is 26.1 Å². The van der Waals surface area contributed by atoms with E-state index in [2.05, 4.69) is 26.7 Å². The molecule has 1 N–H and O–H groups in total. The molecular weight excluding hydrogens is 376 g/mol. The predicted octanol–water partition coefficient (Wildman–Crippen LogP) is 1.87. The van der Waals surface area contributed by atoms with E-state index in [1.807, 2.05) is 11.8 Å². The predicted molar refractivity (Wildman–Crippen MR) is 110 cm³/mol. The molecular formula is C20H30N4O3S. The lowest BCUT2D eigenvalue weighted by molar-refractivity contribution is -0.149. The smallest absolute Gasteiger partial charge is 0.310 e. The molecule has 28 heavy (non-hydrogen) atoms. The molecule has 0 aliphatic carbocycles. The van der Waals surface area contributed by atoms with Gasteiger partial charge in [-0.2, -0.15) is 0 Å². The van der Waals surface area contributed by atoms with Gasteiger partial charge in [0.25, 0.3) is 0 Å². The number of carbonyl (C=O) groups is 2. The van der Waals surface area contributed by atoms with Gasteiger partial charge in [0.05, 0.1) is 12.5 Å². The van der Waals surface area contributed by atoms with Crippen molar-refractivity contribution in [3.63, 3.8) is 0 Å². The van der Waals surface area contributed by atoms with Gasteiger partial charge in [-0.15, -0.1) is 11.3 Å². The second-order valence-corrected chi connectivity index (χ2v) is 8.20. The Bertz CT molecular complexity index is 718. The van der Waals surface area contributed by atoms with E-state index in [1.165, 1.54) is 10.4 Å². The van der Waals surface area contributed by atoms with Crippen LogP contribution >= 0.6 is 11.3 Å². The summed E-state index contributed by atoms with van der Waals surface area (Å²) in [7, 11) is 1.74. The van der Waals surface area contributed by atoms with Crippen molar-refractivity contribution in [3.05, 3.63) is 21.9 Å². The molecule has 0 saturated carbocycles. The summed E-state index contributed by atoms with van der Waals surface area (Å²) in [6.07, 6.45) is 3.18. The van der Waals surface area contributed by atoms with Crippen LogP contribution in [0.4, 0.5) is 0 Å². The molecule has 1 fully saturated rings. The Labute approximate surface area is 170 Å². The van der Waals surface area contributed by atoms with Crippen molar-refractivity contribution in [2.45, 2.75) is 39.2 Å². The quantitative estimate of drug-likeness (QED) is 0.459. The molecule has 2 aliphatic heterocycles. The minimum atomic E-state index is -0.129. The number of guanidine groups is 1. The van der Waals surface area contributed by atoms with E-state index in [4.69, 9.17) is 4.74 Å². The molecule has 1 amide bonds. The molecule has 0 spiro atoms. The largest absolute Gasteiger partial charge is 0.466 e. The molecule has 1 aromatic rings. The van der Waals surface area contributed by atoms with Gasteiger partial charge in [-0.25, -0.2) is 0 Å². The van der Waals surface area contributed by atoms with Crippen LogP contribution in [0, 0.1) is 5.92 Å². The average Bonchev–Trinajstić information content (AvgIpc) is 3.19. The molecule has 2 aliphatic rings. The topological polar surface area (TPSA) is 74.2 Å². The summed E-state index contributed by atoms with van der Waals surface area (Å²) in [6.45, 7) is 5.77. The zero-order valence-electron chi connectivity index (χ0n) is 16.8. The average molecular weight is 407 g/mol. The fourth-order valence-electron chi connectivity index (χ4n) is 3.85. The Balaban J connectivity index is 1.45. The van der Waals surface area contributed by atoms with Crippen LogP contribution in [-0.2, 0) is 27.3 Å². The number of rotatable bonds is 5. The van der Waals surface area contributed by atoms with Gasteiger partial charge in [-0.05, 0) is 43.2 Å². The van der Waals surface area contributed by atoms with Crippen molar-refractivity contribution < 1.29 is 14.3 Å². The van der Waals surface area contributed by atoms with Gasteiger partial charge in [0.1, 0.15) is 0 Å². The van der Waals surface area contributed by atoms with Crippen LogP contribution in [0.25, 0.3) is 0 Å². The summed E-state index contributed by atoms with van der Waals surface area (Å²) in [6, 6.07) is 2.12. The number of hydrogen-bond acceptors (Lipinski definition) is 5. The molecule has 0 bridgehead atoms. The first kappa shape index (κ1) is 20.6. The molecule has 1 atom stereocenters. The highest BCUT2D eigenvalue weighted by atomic mass is 32.1. The molecule has 154 valence electrons. The van der Waals surface area contributed by atoms with E-state index >= 15 is 0 Å². The number of piperidine rings is 1. The van der Waals surface area contributed by atoms with Gasteiger partial charge in [-0.1, -0.05) is 0 Å². The summed E-state index contributed by atoms with van der Waals surface area (Å²) < 4.78 is 5.17. The maximum atomic E-state index is 12.6. The highest BCUT2D eigenvalue weighted by Crippen LogP contribution is 2.24. The van der Waals surface area contributed by atoms with Crippen LogP contribution in [-0.4, -0.2) is 67.5 Å². The third-order valence-electron chi connectivity index (χ3n) is 5.34. The van der Waals surface area contributed by atoms with Crippen LogP contribution in [0.1, 0.15) is 36.6 Å². The number of carbonyl (C=O) groups excluding carboxylic acids is 2. The number of aliphatic imine (C=N–C) groups is 1. The Morgan fingerprint density at radius 1 is 1.36 bits per heavy atom. The van der Waals surface area contributed by atoms with Gasteiger partial charge >= 0.3 is 5.97 Å². The summed E-state index contributed by atoms with van der Waals surface area (Å²) in [5, 5.41) is 5.40. The normalized spacial score (nSPS) is 19.9. The van der Waals surface area contributed by atoms with Crippen molar-refractivity contribution in [3.8, 4) is 0 Å². The van der Waals surface area contributed by atoms with Crippen molar-refractivity contribution in [1.82, 2.24) is 15.1 Å². The number of ether oxygens (including phenoxy) is 1. The number of nitrogens with one attached hydrogen (secondary N) is 1. The summed E-state index contributed by atoms with van der Waals surface area (Å²) in [5.41, 5.74) is 1.28. The molecule has 8 heteroatoms. The number of likely N-dealkylation sites (tertiary alicyclic amines) is 1. The number of amides is 1. The van der Waals surface area contributed by atoms with Gasteiger partial charge < -0.3 is 19.9 Å². The van der Waals surface area contributed by atoms with Crippen LogP contribution in [0.5, 0.6) is 0 Å². The molecule has 1 saturated heterocycles. The molecule has 1 aromatic heterocycles. The first-order valence-electron chi connectivity index (χ1n) is 10.1. The van der Waals surface area contributed by atoms with Gasteiger partial charge in [-0.3, -0.25) is 14.6 Å². The number of hydrogen-bond donors (Lipinski definition) is 1. The highest BCUT2D eigenvalue weighted by molar-refractivity contribution is 7.10. The fourth-order valence-corrected chi connectivity index (χ4v) is 4.74. The van der Waals surface area contributed by atoms with E-state index in [-0.39, 0.29) is 17.8 Å². The first-order chi connectivity index (χ1) is 13.6. The Morgan fingerprint density at radius 2 is 2.21 bits per heavy atom. The number of fused-ring (bicyclic) bond motifs is 1. The maximum absolute atomic E-state index is 12.6. The number of nitrogens with zero attached hydrogens (tertiary/aromatic N) is 3. The first-order valence-corrected chi connectivity index (χ1v) is 11.0. The van der Waals surface area contributed by atoms with Crippen molar-refractivity contribution in [2.24, 2.45) is 10.9 Å². The standard InChI is InChI=1S/C20H30N4O3S/c1-3-27-19(26)16-5-4-10-24(14-16)20(21-2)22-9-6-18(25)23-11-7-17-15(13-23)8-12-28-17/h8,12,16H,3-7,9-11,13-14H2,1-2H3,(H,21,22). The Hall–Kier alpha value is -2.09. The third-order valence-corrected chi connectivity index (χ3v) is 6.36.